The molecule has 0 atom stereocenters. The Hall–Kier alpha value is -1.57. The van der Waals surface area contributed by atoms with Crippen molar-refractivity contribution in [3.63, 3.8) is 0 Å². The maximum Gasteiger partial charge on any atom is 0.189 e. The van der Waals surface area contributed by atoms with Crippen LogP contribution >= 0.6 is 0 Å². The van der Waals surface area contributed by atoms with Crippen LogP contribution in [0.15, 0.2) is 29.2 Å². The minimum Gasteiger partial charge on any atom is -0.347 e. The smallest absolute Gasteiger partial charge is 0.189 e. The van der Waals surface area contributed by atoms with E-state index in [-0.39, 0.29) is 5.43 Å². The normalized spacial score (nSPS) is 10.9. The summed E-state index contributed by atoms with van der Waals surface area (Å²) in [5.41, 5.74) is 3.62. The van der Waals surface area contributed by atoms with Gasteiger partial charge < -0.3 is 4.57 Å². The minimum absolute atomic E-state index is 0.109. The first-order chi connectivity index (χ1) is 7.15. The molecule has 0 bridgehead atoms. The number of fused-ring (bicyclic) bond motifs is 1. The highest BCUT2D eigenvalue weighted by Gasteiger charge is 2.05. The average Bonchev–Trinajstić information content (AvgIpc) is 2.24. The van der Waals surface area contributed by atoms with E-state index in [1.165, 1.54) is 11.1 Å². The first-order valence-corrected chi connectivity index (χ1v) is 5.24. The van der Waals surface area contributed by atoms with E-state index in [9.17, 15) is 4.79 Å². The topological polar surface area (TPSA) is 22.0 Å². The van der Waals surface area contributed by atoms with E-state index in [2.05, 4.69) is 25.3 Å². The zero-order valence-corrected chi connectivity index (χ0v) is 9.37. The van der Waals surface area contributed by atoms with E-state index in [0.29, 0.717) is 0 Å². The SMILES string of the molecule is CCn1ccc(=O)c2ccc(C)c(C)c21. The summed E-state index contributed by atoms with van der Waals surface area (Å²) < 4.78 is 2.12. The second kappa shape index (κ2) is 3.54. The van der Waals surface area contributed by atoms with Crippen LogP contribution in [0.2, 0.25) is 0 Å². The molecule has 15 heavy (non-hydrogen) atoms. The quantitative estimate of drug-likeness (QED) is 0.695. The van der Waals surface area contributed by atoms with Gasteiger partial charge in [-0.1, -0.05) is 6.07 Å². The van der Waals surface area contributed by atoms with Gasteiger partial charge in [-0.3, -0.25) is 4.79 Å². The largest absolute Gasteiger partial charge is 0.347 e. The van der Waals surface area contributed by atoms with Gasteiger partial charge in [-0.25, -0.2) is 0 Å². The highest BCUT2D eigenvalue weighted by molar-refractivity contribution is 5.83. The summed E-state index contributed by atoms with van der Waals surface area (Å²) >= 11 is 0. The number of nitrogens with zero attached hydrogens (tertiary/aromatic N) is 1. The van der Waals surface area contributed by atoms with E-state index in [1.54, 1.807) is 6.07 Å². The molecule has 0 aliphatic carbocycles. The van der Waals surface area contributed by atoms with Crippen molar-refractivity contribution in [3.05, 3.63) is 45.7 Å². The molecule has 1 aromatic carbocycles. The molecule has 0 aliphatic rings. The van der Waals surface area contributed by atoms with Gasteiger partial charge in [-0.15, -0.1) is 0 Å². The molecule has 0 saturated heterocycles. The molecule has 2 heteroatoms. The van der Waals surface area contributed by atoms with Crippen molar-refractivity contribution >= 4 is 10.9 Å². The second-order valence-electron chi connectivity index (χ2n) is 3.87. The summed E-state index contributed by atoms with van der Waals surface area (Å²) in [5.74, 6) is 0. The van der Waals surface area contributed by atoms with Gasteiger partial charge in [0.15, 0.2) is 5.43 Å². The highest BCUT2D eigenvalue weighted by atomic mass is 16.1. The first-order valence-electron chi connectivity index (χ1n) is 5.24. The van der Waals surface area contributed by atoms with Crippen molar-refractivity contribution < 1.29 is 0 Å². The van der Waals surface area contributed by atoms with Crippen LogP contribution in [0, 0.1) is 13.8 Å². The van der Waals surface area contributed by atoms with Crippen LogP contribution in [0.1, 0.15) is 18.1 Å². The van der Waals surface area contributed by atoms with Gasteiger partial charge in [0.1, 0.15) is 0 Å². The Morgan fingerprint density at radius 3 is 2.60 bits per heavy atom. The lowest BCUT2D eigenvalue weighted by Gasteiger charge is -2.12. The summed E-state index contributed by atoms with van der Waals surface area (Å²) in [6, 6.07) is 5.58. The van der Waals surface area contributed by atoms with Crippen LogP contribution in [-0.2, 0) is 6.54 Å². The molecule has 0 saturated carbocycles. The van der Waals surface area contributed by atoms with Gasteiger partial charge in [0, 0.05) is 24.2 Å². The molecule has 1 heterocycles. The summed E-state index contributed by atoms with van der Waals surface area (Å²) in [5, 5.41) is 0.822. The summed E-state index contributed by atoms with van der Waals surface area (Å²) in [7, 11) is 0. The Morgan fingerprint density at radius 2 is 1.93 bits per heavy atom. The molecule has 0 aliphatic heterocycles. The molecule has 0 N–H and O–H groups in total. The van der Waals surface area contributed by atoms with Crippen molar-refractivity contribution in [2.75, 3.05) is 0 Å². The fraction of sp³-hybridized carbons (Fsp3) is 0.308. The molecule has 78 valence electrons. The van der Waals surface area contributed by atoms with E-state index in [1.807, 2.05) is 18.3 Å². The van der Waals surface area contributed by atoms with Crippen molar-refractivity contribution in [2.24, 2.45) is 0 Å². The Balaban J connectivity index is 3.02. The molecule has 2 rings (SSSR count). The van der Waals surface area contributed by atoms with E-state index < -0.39 is 0 Å². The molecule has 1 aromatic heterocycles. The fourth-order valence-electron chi connectivity index (χ4n) is 1.96. The first kappa shape index (κ1) is 9.97. The van der Waals surface area contributed by atoms with Crippen molar-refractivity contribution in [1.82, 2.24) is 4.57 Å². The molecular weight excluding hydrogens is 186 g/mol. The predicted molar refractivity (Wildman–Crippen MR) is 63.4 cm³/mol. The van der Waals surface area contributed by atoms with Crippen LogP contribution in [-0.4, -0.2) is 4.57 Å². The highest BCUT2D eigenvalue weighted by Crippen LogP contribution is 2.18. The molecule has 0 unspecified atom stereocenters. The average molecular weight is 201 g/mol. The molecule has 2 aromatic rings. The van der Waals surface area contributed by atoms with Crippen molar-refractivity contribution in [1.29, 1.82) is 0 Å². The molecule has 0 spiro atoms. The fourth-order valence-corrected chi connectivity index (χ4v) is 1.96. The van der Waals surface area contributed by atoms with Crippen LogP contribution in [0.5, 0.6) is 0 Å². The summed E-state index contributed by atoms with van der Waals surface area (Å²) in [6.07, 6.45) is 1.87. The third-order valence-corrected chi connectivity index (χ3v) is 3.00. The van der Waals surface area contributed by atoms with Crippen LogP contribution in [0.3, 0.4) is 0 Å². The lowest BCUT2D eigenvalue weighted by atomic mass is 10.0. The number of benzene rings is 1. The molecule has 0 radical (unpaired) electrons. The van der Waals surface area contributed by atoms with E-state index in [4.69, 9.17) is 0 Å². The lowest BCUT2D eigenvalue weighted by molar-refractivity contribution is 0.785. The van der Waals surface area contributed by atoms with Gasteiger partial charge in [0.05, 0.1) is 5.52 Å². The van der Waals surface area contributed by atoms with E-state index >= 15 is 0 Å². The van der Waals surface area contributed by atoms with Gasteiger partial charge in [-0.2, -0.15) is 0 Å². The van der Waals surface area contributed by atoms with Gasteiger partial charge in [-0.05, 0) is 38.0 Å². The number of pyridine rings is 1. The maximum absolute atomic E-state index is 11.7. The van der Waals surface area contributed by atoms with Gasteiger partial charge >= 0.3 is 0 Å². The molecule has 2 nitrogen and oxygen atoms in total. The van der Waals surface area contributed by atoms with Gasteiger partial charge in [0.25, 0.3) is 0 Å². The standard InChI is InChI=1S/C13H15NO/c1-4-14-8-7-12(15)11-6-5-9(2)10(3)13(11)14/h5-8H,4H2,1-3H3. The summed E-state index contributed by atoms with van der Waals surface area (Å²) in [6.45, 7) is 7.13. The Bertz CT molecular complexity index is 566. The zero-order valence-electron chi connectivity index (χ0n) is 9.37. The minimum atomic E-state index is 0.109. The van der Waals surface area contributed by atoms with Crippen LogP contribution < -0.4 is 5.43 Å². The number of aryl methyl sites for hydroxylation is 3. The number of hydrogen-bond donors (Lipinski definition) is 0. The van der Waals surface area contributed by atoms with Gasteiger partial charge in [0.2, 0.25) is 0 Å². The lowest BCUT2D eigenvalue weighted by Crippen LogP contribution is -2.08. The van der Waals surface area contributed by atoms with Crippen molar-refractivity contribution in [3.8, 4) is 0 Å². The number of hydrogen-bond acceptors (Lipinski definition) is 1. The van der Waals surface area contributed by atoms with Crippen LogP contribution in [0.25, 0.3) is 10.9 Å². The van der Waals surface area contributed by atoms with E-state index in [0.717, 1.165) is 17.4 Å². The Kier molecular flexibility index (Phi) is 2.35. The third-order valence-electron chi connectivity index (χ3n) is 3.00. The Morgan fingerprint density at radius 1 is 1.20 bits per heavy atom. The number of rotatable bonds is 1. The molecule has 0 amide bonds. The number of aromatic nitrogens is 1. The Labute approximate surface area is 89.2 Å². The monoisotopic (exact) mass is 201 g/mol. The molecule has 0 fully saturated rings. The third kappa shape index (κ3) is 1.46. The van der Waals surface area contributed by atoms with Crippen molar-refractivity contribution in [2.45, 2.75) is 27.3 Å². The zero-order chi connectivity index (χ0) is 11.0. The molecular formula is C13H15NO. The second-order valence-corrected chi connectivity index (χ2v) is 3.87. The van der Waals surface area contributed by atoms with Crippen LogP contribution in [0.4, 0.5) is 0 Å². The maximum atomic E-state index is 11.7. The predicted octanol–water partition coefficient (Wildman–Crippen LogP) is 2.64. The summed E-state index contributed by atoms with van der Waals surface area (Å²) in [4.78, 5) is 11.7.